The fourth-order valence-corrected chi connectivity index (χ4v) is 1.70. The van der Waals surface area contributed by atoms with E-state index >= 15 is 0 Å². The van der Waals surface area contributed by atoms with Crippen LogP contribution in [0, 0.1) is 0 Å². The Kier molecular flexibility index (Phi) is 4.83. The van der Waals surface area contributed by atoms with Crippen molar-refractivity contribution >= 4 is 0 Å². The van der Waals surface area contributed by atoms with Gasteiger partial charge in [-0.3, -0.25) is 0 Å². The Hall–Kier alpha value is -1.98. The highest BCUT2D eigenvalue weighted by Crippen LogP contribution is 2.29. The average Bonchev–Trinajstić information content (AvgIpc) is 2.48. The average molecular weight is 260 g/mol. The van der Waals surface area contributed by atoms with Crippen molar-refractivity contribution in [2.24, 2.45) is 0 Å². The van der Waals surface area contributed by atoms with Gasteiger partial charge < -0.3 is 14.6 Å². The highest BCUT2D eigenvalue weighted by atomic mass is 16.5. The van der Waals surface area contributed by atoms with Gasteiger partial charge in [-0.2, -0.15) is 0 Å². The van der Waals surface area contributed by atoms with Gasteiger partial charge in [-0.1, -0.05) is 18.2 Å². The molecule has 1 heterocycles. The Balaban J connectivity index is 2.19. The van der Waals surface area contributed by atoms with Gasteiger partial charge in [0.15, 0.2) is 0 Å². The van der Waals surface area contributed by atoms with Crippen LogP contribution < -0.4 is 4.74 Å². The second-order valence-electron chi connectivity index (χ2n) is 3.95. The molecule has 1 aromatic heterocycles. The SMILES string of the molecule is COCCOc1ccccc1C(O)c1cncnc1. The molecule has 0 spiro atoms. The van der Waals surface area contributed by atoms with Gasteiger partial charge in [-0.15, -0.1) is 0 Å². The zero-order chi connectivity index (χ0) is 13.5. The molecule has 0 bridgehead atoms. The number of para-hydroxylation sites is 1. The number of methoxy groups -OCH3 is 1. The van der Waals surface area contributed by atoms with E-state index in [9.17, 15) is 5.11 Å². The minimum absolute atomic E-state index is 0.436. The highest BCUT2D eigenvalue weighted by molar-refractivity contribution is 5.39. The van der Waals surface area contributed by atoms with E-state index in [-0.39, 0.29) is 0 Å². The zero-order valence-corrected chi connectivity index (χ0v) is 10.7. The molecule has 0 amide bonds. The molecule has 1 unspecified atom stereocenters. The lowest BCUT2D eigenvalue weighted by molar-refractivity contribution is 0.142. The Morgan fingerprint density at radius 1 is 1.16 bits per heavy atom. The molecule has 0 fully saturated rings. The van der Waals surface area contributed by atoms with Gasteiger partial charge in [-0.05, 0) is 6.07 Å². The van der Waals surface area contributed by atoms with Crippen LogP contribution in [0.2, 0.25) is 0 Å². The Morgan fingerprint density at radius 3 is 2.63 bits per heavy atom. The van der Waals surface area contributed by atoms with Gasteiger partial charge in [-0.25, -0.2) is 9.97 Å². The van der Waals surface area contributed by atoms with Crippen LogP contribution in [0.3, 0.4) is 0 Å². The van der Waals surface area contributed by atoms with Crippen molar-refractivity contribution in [1.82, 2.24) is 9.97 Å². The van der Waals surface area contributed by atoms with E-state index in [0.717, 1.165) is 0 Å². The molecule has 19 heavy (non-hydrogen) atoms. The lowest BCUT2D eigenvalue weighted by Crippen LogP contribution is -2.08. The number of hydrogen-bond acceptors (Lipinski definition) is 5. The number of hydrogen-bond donors (Lipinski definition) is 1. The van der Waals surface area contributed by atoms with E-state index in [1.807, 2.05) is 24.3 Å². The molecule has 5 heteroatoms. The lowest BCUT2D eigenvalue weighted by atomic mass is 10.0. The monoisotopic (exact) mass is 260 g/mol. The zero-order valence-electron chi connectivity index (χ0n) is 10.7. The van der Waals surface area contributed by atoms with Crippen molar-refractivity contribution in [1.29, 1.82) is 0 Å². The number of aliphatic hydroxyl groups excluding tert-OH is 1. The molecular weight excluding hydrogens is 244 g/mol. The standard InChI is InChI=1S/C14H16N2O3/c1-18-6-7-19-13-5-3-2-4-12(13)14(17)11-8-15-10-16-9-11/h2-5,8-10,14,17H,6-7H2,1H3. The number of aromatic nitrogens is 2. The highest BCUT2D eigenvalue weighted by Gasteiger charge is 2.15. The maximum absolute atomic E-state index is 10.3. The third-order valence-corrected chi connectivity index (χ3v) is 2.65. The molecule has 0 saturated heterocycles. The minimum atomic E-state index is -0.806. The molecule has 0 radical (unpaired) electrons. The molecule has 1 atom stereocenters. The molecule has 0 saturated carbocycles. The number of benzene rings is 1. The van der Waals surface area contributed by atoms with Crippen LogP contribution >= 0.6 is 0 Å². The third-order valence-electron chi connectivity index (χ3n) is 2.65. The molecular formula is C14H16N2O3. The molecule has 1 N–H and O–H groups in total. The van der Waals surface area contributed by atoms with E-state index in [1.165, 1.54) is 6.33 Å². The van der Waals surface area contributed by atoms with Crippen LogP contribution in [0.5, 0.6) is 5.75 Å². The van der Waals surface area contributed by atoms with E-state index in [0.29, 0.717) is 30.1 Å². The number of rotatable bonds is 6. The molecule has 0 aliphatic heterocycles. The smallest absolute Gasteiger partial charge is 0.125 e. The predicted molar refractivity (Wildman–Crippen MR) is 69.9 cm³/mol. The maximum atomic E-state index is 10.3. The molecule has 0 aliphatic rings. The summed E-state index contributed by atoms with van der Waals surface area (Å²) in [5.41, 5.74) is 1.32. The largest absolute Gasteiger partial charge is 0.491 e. The number of nitrogens with zero attached hydrogens (tertiary/aromatic N) is 2. The van der Waals surface area contributed by atoms with Crippen LogP contribution in [0.15, 0.2) is 43.0 Å². The van der Waals surface area contributed by atoms with Crippen molar-refractivity contribution < 1.29 is 14.6 Å². The van der Waals surface area contributed by atoms with Crippen molar-refractivity contribution in [3.63, 3.8) is 0 Å². The van der Waals surface area contributed by atoms with E-state index in [1.54, 1.807) is 19.5 Å². The van der Waals surface area contributed by atoms with Gasteiger partial charge >= 0.3 is 0 Å². The van der Waals surface area contributed by atoms with Gasteiger partial charge in [0.05, 0.1) is 6.61 Å². The molecule has 5 nitrogen and oxygen atoms in total. The molecule has 2 rings (SSSR count). The first kappa shape index (κ1) is 13.5. The minimum Gasteiger partial charge on any atom is -0.491 e. The van der Waals surface area contributed by atoms with Crippen LogP contribution in [0.4, 0.5) is 0 Å². The predicted octanol–water partition coefficient (Wildman–Crippen LogP) is 1.58. The van der Waals surface area contributed by atoms with Crippen LogP contribution in [-0.4, -0.2) is 35.4 Å². The first-order valence-electron chi connectivity index (χ1n) is 5.96. The van der Waals surface area contributed by atoms with Gasteiger partial charge in [0, 0.05) is 30.6 Å². The second-order valence-corrected chi connectivity index (χ2v) is 3.95. The summed E-state index contributed by atoms with van der Waals surface area (Å²) in [6.07, 6.45) is 3.80. The van der Waals surface area contributed by atoms with Crippen molar-refractivity contribution in [3.8, 4) is 5.75 Å². The topological polar surface area (TPSA) is 64.5 Å². The van der Waals surface area contributed by atoms with Gasteiger partial charge in [0.1, 0.15) is 24.8 Å². The lowest BCUT2D eigenvalue weighted by Gasteiger charge is -2.15. The first-order chi connectivity index (χ1) is 9.33. The molecule has 0 aliphatic carbocycles. The summed E-state index contributed by atoms with van der Waals surface area (Å²) < 4.78 is 10.5. The van der Waals surface area contributed by atoms with E-state index in [4.69, 9.17) is 9.47 Å². The van der Waals surface area contributed by atoms with Gasteiger partial charge in [0.2, 0.25) is 0 Å². The molecule has 2 aromatic rings. The van der Waals surface area contributed by atoms with Crippen LogP contribution in [0.25, 0.3) is 0 Å². The fourth-order valence-electron chi connectivity index (χ4n) is 1.70. The van der Waals surface area contributed by atoms with E-state index in [2.05, 4.69) is 9.97 Å². The third kappa shape index (κ3) is 3.49. The summed E-state index contributed by atoms with van der Waals surface area (Å²) in [5, 5.41) is 10.3. The van der Waals surface area contributed by atoms with Crippen molar-refractivity contribution in [2.45, 2.75) is 6.10 Å². The van der Waals surface area contributed by atoms with Gasteiger partial charge in [0.25, 0.3) is 0 Å². The number of aliphatic hydroxyl groups is 1. The Bertz CT molecular complexity index is 505. The fraction of sp³-hybridized carbons (Fsp3) is 0.286. The second kappa shape index (κ2) is 6.82. The summed E-state index contributed by atoms with van der Waals surface area (Å²) in [6.45, 7) is 0.935. The quantitative estimate of drug-likeness (QED) is 0.799. The van der Waals surface area contributed by atoms with Crippen LogP contribution in [-0.2, 0) is 4.74 Å². The molecule has 1 aromatic carbocycles. The van der Waals surface area contributed by atoms with E-state index < -0.39 is 6.10 Å². The number of ether oxygens (including phenoxy) is 2. The van der Waals surface area contributed by atoms with Crippen LogP contribution in [0.1, 0.15) is 17.2 Å². The summed E-state index contributed by atoms with van der Waals surface area (Å²) in [4.78, 5) is 7.81. The first-order valence-corrected chi connectivity index (χ1v) is 5.96. The summed E-state index contributed by atoms with van der Waals surface area (Å²) in [7, 11) is 1.62. The normalized spacial score (nSPS) is 12.1. The summed E-state index contributed by atoms with van der Waals surface area (Å²) in [5.74, 6) is 0.635. The van der Waals surface area contributed by atoms with Crippen molar-refractivity contribution in [2.75, 3.05) is 20.3 Å². The summed E-state index contributed by atoms with van der Waals surface area (Å²) >= 11 is 0. The Morgan fingerprint density at radius 2 is 1.89 bits per heavy atom. The van der Waals surface area contributed by atoms with Crippen molar-refractivity contribution in [3.05, 3.63) is 54.1 Å². The molecule has 100 valence electrons. The maximum Gasteiger partial charge on any atom is 0.125 e. The summed E-state index contributed by atoms with van der Waals surface area (Å²) in [6, 6.07) is 7.35. The Labute approximate surface area is 111 Å².